The van der Waals surface area contributed by atoms with E-state index in [-0.39, 0.29) is 16.8 Å². The molecule has 0 aliphatic heterocycles. The molecular formula is C15H23F3N2. The van der Waals surface area contributed by atoms with Gasteiger partial charge in [-0.1, -0.05) is 20.8 Å². The van der Waals surface area contributed by atoms with Crippen molar-refractivity contribution in [2.24, 2.45) is 5.41 Å². The van der Waals surface area contributed by atoms with E-state index in [1.165, 1.54) is 12.1 Å². The molecular weight excluding hydrogens is 265 g/mol. The third-order valence-electron chi connectivity index (χ3n) is 2.79. The van der Waals surface area contributed by atoms with Crippen molar-refractivity contribution in [2.45, 2.75) is 52.8 Å². The lowest BCUT2D eigenvalue weighted by Crippen LogP contribution is -2.36. The average Bonchev–Trinajstić information content (AvgIpc) is 2.14. The Morgan fingerprint density at radius 3 is 2.05 bits per heavy atom. The molecule has 0 unspecified atom stereocenters. The molecule has 2 nitrogen and oxygen atoms in total. The summed E-state index contributed by atoms with van der Waals surface area (Å²) >= 11 is 0. The fourth-order valence-corrected chi connectivity index (χ4v) is 2.64. The molecule has 20 heavy (non-hydrogen) atoms. The number of hydrogen-bond acceptors (Lipinski definition) is 2. The summed E-state index contributed by atoms with van der Waals surface area (Å²) in [5.41, 5.74) is 4.48. The van der Waals surface area contributed by atoms with Gasteiger partial charge in [0.15, 0.2) is 0 Å². The van der Waals surface area contributed by atoms with Gasteiger partial charge >= 0.3 is 6.18 Å². The van der Waals surface area contributed by atoms with Crippen LogP contribution in [-0.2, 0) is 6.18 Å². The first-order chi connectivity index (χ1) is 8.80. The van der Waals surface area contributed by atoms with Crippen molar-refractivity contribution in [2.75, 3.05) is 11.1 Å². The highest BCUT2D eigenvalue weighted by molar-refractivity contribution is 5.60. The lowest BCUT2D eigenvalue weighted by Gasteiger charge is -2.35. The van der Waals surface area contributed by atoms with Crippen LogP contribution in [0.25, 0.3) is 0 Å². The number of nitrogen functional groups attached to an aromatic ring is 1. The van der Waals surface area contributed by atoms with E-state index in [4.69, 9.17) is 5.73 Å². The molecule has 0 radical (unpaired) electrons. The summed E-state index contributed by atoms with van der Waals surface area (Å²) in [7, 11) is 0. The minimum absolute atomic E-state index is 0.0166. The van der Waals surface area contributed by atoms with Gasteiger partial charge in [0.1, 0.15) is 0 Å². The van der Waals surface area contributed by atoms with Gasteiger partial charge < -0.3 is 11.1 Å². The number of nitrogens with two attached hydrogens (primary N) is 1. The number of rotatable bonds is 3. The molecule has 0 bridgehead atoms. The smallest absolute Gasteiger partial charge is 0.399 e. The molecule has 1 aromatic rings. The van der Waals surface area contributed by atoms with Crippen LogP contribution in [0.1, 0.15) is 46.6 Å². The van der Waals surface area contributed by atoms with Crippen molar-refractivity contribution < 1.29 is 13.2 Å². The highest BCUT2D eigenvalue weighted by atomic mass is 19.4. The molecule has 0 saturated heterocycles. The fraction of sp³-hybridized carbons (Fsp3) is 0.600. The Hall–Kier alpha value is -1.39. The van der Waals surface area contributed by atoms with Crippen LogP contribution in [0.3, 0.4) is 0 Å². The van der Waals surface area contributed by atoms with Crippen LogP contribution in [-0.4, -0.2) is 5.54 Å². The Kier molecular flexibility index (Phi) is 4.32. The van der Waals surface area contributed by atoms with E-state index < -0.39 is 17.3 Å². The number of halogens is 3. The Morgan fingerprint density at radius 1 is 1.05 bits per heavy atom. The van der Waals surface area contributed by atoms with Gasteiger partial charge in [-0.2, -0.15) is 13.2 Å². The van der Waals surface area contributed by atoms with E-state index in [0.717, 1.165) is 12.5 Å². The van der Waals surface area contributed by atoms with E-state index >= 15 is 0 Å². The molecule has 1 rings (SSSR count). The molecule has 0 fully saturated rings. The van der Waals surface area contributed by atoms with Crippen LogP contribution in [0.2, 0.25) is 0 Å². The average molecular weight is 288 g/mol. The molecule has 0 atom stereocenters. The van der Waals surface area contributed by atoms with E-state index in [1.807, 2.05) is 13.8 Å². The van der Waals surface area contributed by atoms with E-state index in [0.29, 0.717) is 0 Å². The predicted octanol–water partition coefficient (Wildman–Crippen LogP) is 4.91. The highest BCUT2D eigenvalue weighted by Gasteiger charge is 2.35. The maximum Gasteiger partial charge on any atom is 0.418 e. The quantitative estimate of drug-likeness (QED) is 0.775. The van der Waals surface area contributed by atoms with Crippen molar-refractivity contribution in [1.82, 2.24) is 0 Å². The fourth-order valence-electron chi connectivity index (χ4n) is 2.64. The Bertz CT molecular complexity index is 471. The molecule has 0 heterocycles. The van der Waals surface area contributed by atoms with Gasteiger partial charge in [-0.25, -0.2) is 0 Å². The van der Waals surface area contributed by atoms with Crippen molar-refractivity contribution in [3.05, 3.63) is 23.8 Å². The normalized spacial score (nSPS) is 13.4. The van der Waals surface area contributed by atoms with Crippen molar-refractivity contribution >= 4 is 11.4 Å². The van der Waals surface area contributed by atoms with E-state index in [2.05, 4.69) is 26.1 Å². The highest BCUT2D eigenvalue weighted by Crippen LogP contribution is 2.38. The van der Waals surface area contributed by atoms with Crippen LogP contribution in [0.5, 0.6) is 0 Å². The van der Waals surface area contributed by atoms with Crippen LogP contribution in [0.4, 0.5) is 24.5 Å². The molecule has 3 N–H and O–H groups in total. The topological polar surface area (TPSA) is 38.0 Å². The second kappa shape index (κ2) is 5.19. The zero-order chi connectivity index (χ0) is 15.8. The summed E-state index contributed by atoms with van der Waals surface area (Å²) in [5.74, 6) is 0. The monoisotopic (exact) mass is 288 g/mol. The first-order valence-corrected chi connectivity index (χ1v) is 6.55. The van der Waals surface area contributed by atoms with E-state index in [9.17, 15) is 13.2 Å². The lowest BCUT2D eigenvalue weighted by atomic mass is 9.81. The van der Waals surface area contributed by atoms with Gasteiger partial charge in [-0.15, -0.1) is 0 Å². The summed E-state index contributed by atoms with van der Waals surface area (Å²) in [6.45, 7) is 9.97. The molecule has 0 aliphatic carbocycles. The van der Waals surface area contributed by atoms with Crippen LogP contribution in [0.15, 0.2) is 18.2 Å². The van der Waals surface area contributed by atoms with Gasteiger partial charge in [-0.3, -0.25) is 0 Å². The summed E-state index contributed by atoms with van der Waals surface area (Å²) in [5, 5.41) is 3.00. The lowest BCUT2D eigenvalue weighted by molar-refractivity contribution is -0.136. The SMILES string of the molecule is CC(C)(C)CC(C)(C)Nc1ccc(N)cc1C(F)(F)F. The largest absolute Gasteiger partial charge is 0.418 e. The van der Waals surface area contributed by atoms with Crippen LogP contribution >= 0.6 is 0 Å². The molecule has 0 aliphatic rings. The number of anilines is 2. The van der Waals surface area contributed by atoms with Gasteiger partial charge in [0.25, 0.3) is 0 Å². The Balaban J connectivity index is 3.09. The van der Waals surface area contributed by atoms with Gasteiger partial charge in [-0.05, 0) is 43.9 Å². The molecule has 1 aromatic carbocycles. The minimum atomic E-state index is -4.42. The zero-order valence-electron chi connectivity index (χ0n) is 12.7. The first kappa shape index (κ1) is 16.7. The van der Waals surface area contributed by atoms with Gasteiger partial charge in [0.05, 0.1) is 5.56 Å². The number of hydrogen-bond donors (Lipinski definition) is 2. The summed E-state index contributed by atoms with van der Waals surface area (Å²) in [6.07, 6.45) is -3.68. The van der Waals surface area contributed by atoms with Crippen molar-refractivity contribution in [1.29, 1.82) is 0 Å². The Labute approximate surface area is 118 Å². The maximum atomic E-state index is 13.0. The second-order valence-corrected chi connectivity index (χ2v) is 7.05. The van der Waals surface area contributed by atoms with Crippen LogP contribution < -0.4 is 11.1 Å². The number of alkyl halides is 3. The zero-order valence-corrected chi connectivity index (χ0v) is 12.7. The van der Waals surface area contributed by atoms with Gasteiger partial charge in [0, 0.05) is 16.9 Å². The molecule has 114 valence electrons. The molecule has 5 heteroatoms. The maximum absolute atomic E-state index is 13.0. The third kappa shape index (κ3) is 4.94. The number of benzene rings is 1. The number of nitrogens with one attached hydrogen (secondary N) is 1. The molecule has 0 amide bonds. The second-order valence-electron chi connectivity index (χ2n) is 7.05. The summed E-state index contributed by atoms with van der Waals surface area (Å²) in [6, 6.07) is 3.84. The van der Waals surface area contributed by atoms with Crippen molar-refractivity contribution in [3.63, 3.8) is 0 Å². The molecule has 0 spiro atoms. The Morgan fingerprint density at radius 2 is 1.60 bits per heavy atom. The summed E-state index contributed by atoms with van der Waals surface area (Å²) in [4.78, 5) is 0. The van der Waals surface area contributed by atoms with E-state index in [1.54, 1.807) is 0 Å². The van der Waals surface area contributed by atoms with Crippen molar-refractivity contribution in [3.8, 4) is 0 Å². The standard InChI is InChI=1S/C15H23F3N2/c1-13(2,3)9-14(4,5)20-12-7-6-10(19)8-11(12)15(16,17)18/h6-8,20H,9,19H2,1-5H3. The summed E-state index contributed by atoms with van der Waals surface area (Å²) < 4.78 is 39.1. The van der Waals surface area contributed by atoms with Crippen LogP contribution in [0, 0.1) is 5.41 Å². The molecule has 0 aromatic heterocycles. The minimum Gasteiger partial charge on any atom is -0.399 e. The third-order valence-corrected chi connectivity index (χ3v) is 2.79. The van der Waals surface area contributed by atoms with Gasteiger partial charge in [0.2, 0.25) is 0 Å². The predicted molar refractivity (Wildman–Crippen MR) is 77.6 cm³/mol. The first-order valence-electron chi connectivity index (χ1n) is 6.55. The molecule has 0 saturated carbocycles.